The maximum absolute atomic E-state index is 6.31. The van der Waals surface area contributed by atoms with Gasteiger partial charge in [0.05, 0.1) is 0 Å². The monoisotopic (exact) mass is 165 g/mol. The molecular weight excluding hydrogens is 146 g/mol. The van der Waals surface area contributed by atoms with E-state index in [1.807, 2.05) is 0 Å². The van der Waals surface area contributed by atoms with Crippen molar-refractivity contribution in [1.29, 1.82) is 0 Å². The minimum atomic E-state index is 0.588. The summed E-state index contributed by atoms with van der Waals surface area (Å²) in [6.07, 6.45) is 8.90. The molecule has 0 amide bonds. The van der Waals surface area contributed by atoms with E-state index >= 15 is 0 Å². The van der Waals surface area contributed by atoms with Gasteiger partial charge in [0, 0.05) is 6.04 Å². The fourth-order valence-corrected chi connectivity index (χ4v) is 4.19. The summed E-state index contributed by atoms with van der Waals surface area (Å²) in [5, 5.41) is 0. The second kappa shape index (κ2) is 2.47. The Labute approximate surface area is 74.7 Å². The molecule has 5 aliphatic rings. The van der Waals surface area contributed by atoms with Crippen LogP contribution in [0.2, 0.25) is 0 Å². The van der Waals surface area contributed by atoms with Gasteiger partial charge in [-0.15, -0.1) is 0 Å². The van der Waals surface area contributed by atoms with Crippen molar-refractivity contribution in [2.45, 2.75) is 44.6 Å². The van der Waals surface area contributed by atoms with Crippen LogP contribution in [0, 0.1) is 23.7 Å². The maximum Gasteiger partial charge on any atom is 0.0101 e. The van der Waals surface area contributed by atoms with E-state index < -0.39 is 0 Å². The highest BCUT2D eigenvalue weighted by atomic mass is 14.7. The molecule has 68 valence electrons. The van der Waals surface area contributed by atoms with E-state index in [-0.39, 0.29) is 0 Å². The molecule has 1 heteroatoms. The molecule has 4 bridgehead atoms. The van der Waals surface area contributed by atoms with Crippen molar-refractivity contribution in [3.05, 3.63) is 0 Å². The molecule has 0 radical (unpaired) electrons. The lowest BCUT2D eigenvalue weighted by Gasteiger charge is -2.44. The minimum Gasteiger partial charge on any atom is -0.327 e. The highest BCUT2D eigenvalue weighted by Gasteiger charge is 2.46. The standard InChI is InChI=1S/C11H19N/c12-11-9-6-4-8-2-1-7(9)3-5-10(8)11/h7-11H,1-6,12H2. The third-order valence-electron chi connectivity index (χ3n) is 4.85. The molecule has 2 N–H and O–H groups in total. The third kappa shape index (κ3) is 0.834. The molecule has 1 nitrogen and oxygen atoms in total. The summed E-state index contributed by atoms with van der Waals surface area (Å²) < 4.78 is 0. The number of nitrogens with two attached hydrogens (primary N) is 1. The van der Waals surface area contributed by atoms with Gasteiger partial charge in [-0.1, -0.05) is 0 Å². The molecule has 0 aromatic carbocycles. The fraction of sp³-hybridized carbons (Fsp3) is 1.00. The maximum atomic E-state index is 6.31. The predicted octanol–water partition coefficient (Wildman–Crippen LogP) is 2.16. The van der Waals surface area contributed by atoms with E-state index in [4.69, 9.17) is 5.73 Å². The van der Waals surface area contributed by atoms with E-state index in [2.05, 4.69) is 0 Å². The molecule has 5 aliphatic carbocycles. The van der Waals surface area contributed by atoms with Gasteiger partial charge in [-0.25, -0.2) is 0 Å². The van der Waals surface area contributed by atoms with Crippen LogP contribution in [-0.4, -0.2) is 6.04 Å². The van der Waals surface area contributed by atoms with Crippen molar-refractivity contribution in [1.82, 2.24) is 0 Å². The van der Waals surface area contributed by atoms with E-state index in [9.17, 15) is 0 Å². The first kappa shape index (κ1) is 7.37. The zero-order valence-corrected chi connectivity index (χ0v) is 7.71. The Balaban J connectivity index is 1.98. The summed E-state index contributed by atoms with van der Waals surface area (Å²) in [5.74, 6) is 3.87. The van der Waals surface area contributed by atoms with Crippen LogP contribution in [0.4, 0.5) is 0 Å². The van der Waals surface area contributed by atoms with Gasteiger partial charge < -0.3 is 5.73 Å². The van der Waals surface area contributed by atoms with Crippen molar-refractivity contribution < 1.29 is 0 Å². The summed E-state index contributed by atoms with van der Waals surface area (Å²) in [4.78, 5) is 0. The first-order valence-electron chi connectivity index (χ1n) is 5.62. The molecule has 5 rings (SSSR count). The highest BCUT2D eigenvalue weighted by molar-refractivity contribution is 5.00. The Hall–Kier alpha value is -0.0400. The lowest BCUT2D eigenvalue weighted by molar-refractivity contribution is 0.0863. The quantitative estimate of drug-likeness (QED) is 0.585. The number of hydrogen-bond donors (Lipinski definition) is 1. The predicted molar refractivity (Wildman–Crippen MR) is 49.6 cm³/mol. The van der Waals surface area contributed by atoms with Crippen LogP contribution < -0.4 is 5.73 Å². The van der Waals surface area contributed by atoms with Crippen molar-refractivity contribution in [2.24, 2.45) is 29.4 Å². The SMILES string of the molecule is NC1C2CCC3CCC2CCC31. The largest absolute Gasteiger partial charge is 0.327 e. The topological polar surface area (TPSA) is 26.0 Å². The molecule has 5 fully saturated rings. The average molecular weight is 165 g/mol. The molecule has 4 unspecified atom stereocenters. The van der Waals surface area contributed by atoms with Crippen LogP contribution in [0.5, 0.6) is 0 Å². The van der Waals surface area contributed by atoms with E-state index in [0.717, 1.165) is 23.7 Å². The number of fused-ring (bicyclic) bond motifs is 2. The lowest BCUT2D eigenvalue weighted by atomic mass is 9.63. The van der Waals surface area contributed by atoms with Crippen molar-refractivity contribution >= 4 is 0 Å². The molecule has 0 aromatic rings. The Bertz CT molecular complexity index is 165. The van der Waals surface area contributed by atoms with Crippen LogP contribution >= 0.6 is 0 Å². The Morgan fingerprint density at radius 3 is 1.58 bits per heavy atom. The van der Waals surface area contributed by atoms with Gasteiger partial charge in [0.1, 0.15) is 0 Å². The molecule has 0 aromatic heterocycles. The summed E-state index contributed by atoms with van der Waals surface area (Å²) in [7, 11) is 0. The molecule has 0 spiro atoms. The summed E-state index contributed by atoms with van der Waals surface area (Å²) >= 11 is 0. The highest BCUT2D eigenvalue weighted by Crippen LogP contribution is 2.52. The van der Waals surface area contributed by atoms with Crippen molar-refractivity contribution in [3.63, 3.8) is 0 Å². The van der Waals surface area contributed by atoms with Gasteiger partial charge in [-0.2, -0.15) is 0 Å². The second-order valence-electron chi connectivity index (χ2n) is 5.16. The number of hydrogen-bond acceptors (Lipinski definition) is 1. The van der Waals surface area contributed by atoms with Crippen molar-refractivity contribution in [3.8, 4) is 0 Å². The first-order chi connectivity index (χ1) is 5.86. The molecular formula is C11H19N. The minimum absolute atomic E-state index is 0.588. The van der Waals surface area contributed by atoms with E-state index in [0.29, 0.717) is 6.04 Å². The zero-order valence-electron chi connectivity index (χ0n) is 7.71. The molecule has 0 heterocycles. The lowest BCUT2D eigenvalue weighted by Crippen LogP contribution is -2.48. The summed E-state index contributed by atoms with van der Waals surface area (Å²) in [5.41, 5.74) is 6.31. The Kier molecular flexibility index (Phi) is 1.52. The summed E-state index contributed by atoms with van der Waals surface area (Å²) in [6.45, 7) is 0. The Morgan fingerprint density at radius 2 is 1.08 bits per heavy atom. The Morgan fingerprint density at radius 1 is 0.667 bits per heavy atom. The van der Waals surface area contributed by atoms with Crippen LogP contribution in [0.1, 0.15) is 38.5 Å². The normalized spacial score (nSPS) is 57.2. The third-order valence-corrected chi connectivity index (χ3v) is 4.85. The van der Waals surface area contributed by atoms with Gasteiger partial charge in [0.2, 0.25) is 0 Å². The first-order valence-corrected chi connectivity index (χ1v) is 5.62. The van der Waals surface area contributed by atoms with Gasteiger partial charge in [-0.3, -0.25) is 0 Å². The van der Waals surface area contributed by atoms with Gasteiger partial charge >= 0.3 is 0 Å². The molecule has 4 atom stereocenters. The molecule has 0 aliphatic heterocycles. The van der Waals surface area contributed by atoms with Crippen LogP contribution in [0.25, 0.3) is 0 Å². The fourth-order valence-electron chi connectivity index (χ4n) is 4.19. The molecule has 12 heavy (non-hydrogen) atoms. The molecule has 5 saturated carbocycles. The van der Waals surface area contributed by atoms with Gasteiger partial charge in [0.25, 0.3) is 0 Å². The van der Waals surface area contributed by atoms with Gasteiger partial charge in [0.15, 0.2) is 0 Å². The average Bonchev–Trinajstić information content (AvgIpc) is 2.39. The van der Waals surface area contributed by atoms with E-state index in [1.54, 1.807) is 0 Å². The zero-order chi connectivity index (χ0) is 8.13. The number of rotatable bonds is 0. The van der Waals surface area contributed by atoms with Crippen LogP contribution in [0.15, 0.2) is 0 Å². The molecule has 0 saturated heterocycles. The van der Waals surface area contributed by atoms with E-state index in [1.165, 1.54) is 38.5 Å². The summed E-state index contributed by atoms with van der Waals surface area (Å²) in [6, 6.07) is 0.588. The smallest absolute Gasteiger partial charge is 0.0101 e. The second-order valence-corrected chi connectivity index (χ2v) is 5.16. The van der Waals surface area contributed by atoms with Crippen LogP contribution in [-0.2, 0) is 0 Å². The van der Waals surface area contributed by atoms with Crippen LogP contribution in [0.3, 0.4) is 0 Å². The van der Waals surface area contributed by atoms with Gasteiger partial charge in [-0.05, 0) is 62.2 Å². The van der Waals surface area contributed by atoms with Crippen molar-refractivity contribution in [2.75, 3.05) is 0 Å².